The first-order valence-electron chi connectivity index (χ1n) is 6.79. The van der Waals surface area contributed by atoms with E-state index >= 15 is 0 Å². The number of aryl methyl sites for hydroxylation is 2. The van der Waals surface area contributed by atoms with Crippen LogP contribution in [0.5, 0.6) is 0 Å². The van der Waals surface area contributed by atoms with Gasteiger partial charge in [0.05, 0.1) is 6.54 Å². The molecular weight excluding hydrogens is 240 g/mol. The van der Waals surface area contributed by atoms with Crippen LogP contribution in [0.3, 0.4) is 0 Å². The van der Waals surface area contributed by atoms with Gasteiger partial charge in [0.2, 0.25) is 5.91 Å². The molecule has 1 aliphatic carbocycles. The summed E-state index contributed by atoms with van der Waals surface area (Å²) in [4.78, 5) is 18.1. The zero-order valence-corrected chi connectivity index (χ0v) is 11.7. The van der Waals surface area contributed by atoms with E-state index < -0.39 is 0 Å². The average molecular weight is 262 g/mol. The summed E-state index contributed by atoms with van der Waals surface area (Å²) in [6.45, 7) is 0.753. The first kappa shape index (κ1) is 13.8. The Morgan fingerprint density at radius 2 is 2.21 bits per heavy atom. The molecule has 0 aromatic carbocycles. The van der Waals surface area contributed by atoms with E-state index in [-0.39, 0.29) is 5.91 Å². The van der Waals surface area contributed by atoms with Crippen molar-refractivity contribution in [1.82, 2.24) is 10.3 Å². The van der Waals surface area contributed by atoms with Crippen LogP contribution in [-0.2, 0) is 24.2 Å². The van der Waals surface area contributed by atoms with E-state index in [1.807, 2.05) is 11.9 Å². The smallest absolute Gasteiger partial charge is 0.239 e. The lowest BCUT2D eigenvalue weighted by Crippen LogP contribution is -2.34. The van der Waals surface area contributed by atoms with Crippen molar-refractivity contribution in [1.29, 1.82) is 0 Å². The minimum Gasteiger partial charge on any atom is -0.358 e. The molecule has 0 saturated heterocycles. The first-order valence-corrected chi connectivity index (χ1v) is 6.79. The molecule has 1 aromatic rings. The topological polar surface area (TPSA) is 71.2 Å². The number of pyridine rings is 1. The number of carbonyl (C=O) groups excluding carboxylic acids is 1. The molecular formula is C14H22N4O. The van der Waals surface area contributed by atoms with E-state index in [1.165, 1.54) is 24.1 Å². The molecule has 0 atom stereocenters. The molecule has 5 heteroatoms. The van der Waals surface area contributed by atoms with Crippen molar-refractivity contribution in [3.8, 4) is 0 Å². The molecule has 104 valence electrons. The quantitative estimate of drug-likeness (QED) is 0.833. The SMILES string of the molecule is CNC(=O)CN(C)c1nc2c(cc1CN)CCCC2. The van der Waals surface area contributed by atoms with Crippen LogP contribution in [0.2, 0.25) is 0 Å². The molecule has 19 heavy (non-hydrogen) atoms. The van der Waals surface area contributed by atoms with Crippen LogP contribution in [0.25, 0.3) is 0 Å². The lowest BCUT2D eigenvalue weighted by molar-refractivity contribution is -0.119. The molecule has 2 rings (SSSR count). The van der Waals surface area contributed by atoms with Gasteiger partial charge in [0.15, 0.2) is 0 Å². The highest BCUT2D eigenvalue weighted by Gasteiger charge is 2.17. The monoisotopic (exact) mass is 262 g/mol. The fourth-order valence-corrected chi connectivity index (χ4v) is 2.52. The van der Waals surface area contributed by atoms with Gasteiger partial charge in [0, 0.05) is 31.9 Å². The van der Waals surface area contributed by atoms with Crippen LogP contribution in [0.4, 0.5) is 5.82 Å². The molecule has 0 fully saturated rings. The van der Waals surface area contributed by atoms with Gasteiger partial charge in [-0.15, -0.1) is 0 Å². The Hall–Kier alpha value is -1.62. The molecule has 0 unspecified atom stereocenters. The van der Waals surface area contributed by atoms with Gasteiger partial charge in [0.1, 0.15) is 5.82 Å². The summed E-state index contributed by atoms with van der Waals surface area (Å²) in [5.41, 5.74) is 9.33. The maximum absolute atomic E-state index is 11.5. The minimum absolute atomic E-state index is 0.0232. The summed E-state index contributed by atoms with van der Waals surface area (Å²) in [6.07, 6.45) is 4.54. The molecule has 1 amide bonds. The number of nitrogens with one attached hydrogen (secondary N) is 1. The second-order valence-corrected chi connectivity index (χ2v) is 5.02. The number of fused-ring (bicyclic) bond motifs is 1. The first-order chi connectivity index (χ1) is 9.15. The number of likely N-dealkylation sites (N-methyl/N-ethyl adjacent to an activating group) is 2. The fourth-order valence-electron chi connectivity index (χ4n) is 2.52. The molecule has 0 aliphatic heterocycles. The Morgan fingerprint density at radius 1 is 1.47 bits per heavy atom. The van der Waals surface area contributed by atoms with Gasteiger partial charge in [-0.05, 0) is 37.3 Å². The van der Waals surface area contributed by atoms with Crippen LogP contribution in [-0.4, -0.2) is 31.5 Å². The van der Waals surface area contributed by atoms with Crippen molar-refractivity contribution in [3.05, 3.63) is 22.9 Å². The predicted molar refractivity (Wildman–Crippen MR) is 76.1 cm³/mol. The molecule has 1 aliphatic rings. The lowest BCUT2D eigenvalue weighted by atomic mass is 9.94. The van der Waals surface area contributed by atoms with Crippen molar-refractivity contribution < 1.29 is 4.79 Å². The van der Waals surface area contributed by atoms with Crippen LogP contribution >= 0.6 is 0 Å². The zero-order chi connectivity index (χ0) is 13.8. The highest BCUT2D eigenvalue weighted by molar-refractivity contribution is 5.80. The van der Waals surface area contributed by atoms with Gasteiger partial charge >= 0.3 is 0 Å². The van der Waals surface area contributed by atoms with E-state index in [0.29, 0.717) is 13.1 Å². The van der Waals surface area contributed by atoms with Crippen molar-refractivity contribution in [2.75, 3.05) is 25.5 Å². The zero-order valence-electron chi connectivity index (χ0n) is 11.7. The standard InChI is InChI=1S/C14H22N4O/c1-16-13(19)9-18(2)14-11(8-15)7-10-5-3-4-6-12(10)17-14/h7H,3-6,8-9,15H2,1-2H3,(H,16,19). The predicted octanol–water partition coefficient (Wildman–Crippen LogP) is 0.601. The summed E-state index contributed by atoms with van der Waals surface area (Å²) < 4.78 is 0. The third-order valence-corrected chi connectivity index (χ3v) is 3.60. The van der Waals surface area contributed by atoms with Gasteiger partial charge in [-0.1, -0.05) is 0 Å². The van der Waals surface area contributed by atoms with E-state index in [0.717, 1.165) is 24.2 Å². The van der Waals surface area contributed by atoms with Gasteiger partial charge < -0.3 is 16.0 Å². The summed E-state index contributed by atoms with van der Waals surface area (Å²) in [5, 5.41) is 2.63. The van der Waals surface area contributed by atoms with Crippen LogP contribution in [0.15, 0.2) is 6.07 Å². The van der Waals surface area contributed by atoms with Gasteiger partial charge in [-0.2, -0.15) is 0 Å². The van der Waals surface area contributed by atoms with E-state index in [9.17, 15) is 4.79 Å². The lowest BCUT2D eigenvalue weighted by Gasteiger charge is -2.24. The summed E-state index contributed by atoms with van der Waals surface area (Å²) in [5.74, 6) is 0.816. The third-order valence-electron chi connectivity index (χ3n) is 3.60. The van der Waals surface area contributed by atoms with Crippen LogP contribution < -0.4 is 16.0 Å². The highest BCUT2D eigenvalue weighted by atomic mass is 16.1. The highest BCUT2D eigenvalue weighted by Crippen LogP contribution is 2.26. The number of nitrogens with zero attached hydrogens (tertiary/aromatic N) is 2. The van der Waals surface area contributed by atoms with E-state index in [1.54, 1.807) is 7.05 Å². The van der Waals surface area contributed by atoms with Gasteiger partial charge in [-0.25, -0.2) is 4.98 Å². The third kappa shape index (κ3) is 3.04. The second-order valence-electron chi connectivity index (χ2n) is 5.02. The molecule has 5 nitrogen and oxygen atoms in total. The van der Waals surface area contributed by atoms with Crippen LogP contribution in [0, 0.1) is 0 Å². The molecule has 0 saturated carbocycles. The molecule has 0 spiro atoms. The molecule has 0 bridgehead atoms. The molecule has 1 aromatic heterocycles. The number of rotatable bonds is 4. The second kappa shape index (κ2) is 6.02. The maximum Gasteiger partial charge on any atom is 0.239 e. The van der Waals surface area contributed by atoms with Crippen molar-refractivity contribution in [3.63, 3.8) is 0 Å². The average Bonchev–Trinajstić information content (AvgIpc) is 2.45. The number of amides is 1. The number of hydrogen-bond donors (Lipinski definition) is 2. The largest absolute Gasteiger partial charge is 0.358 e. The number of hydrogen-bond acceptors (Lipinski definition) is 4. The van der Waals surface area contributed by atoms with Gasteiger partial charge in [-0.3, -0.25) is 4.79 Å². The number of aromatic nitrogens is 1. The Labute approximate surface area is 114 Å². The molecule has 0 radical (unpaired) electrons. The summed E-state index contributed by atoms with van der Waals surface area (Å²) in [6, 6.07) is 2.16. The Kier molecular flexibility index (Phi) is 4.37. The van der Waals surface area contributed by atoms with Crippen LogP contribution in [0.1, 0.15) is 29.7 Å². The Bertz CT molecular complexity index is 473. The summed E-state index contributed by atoms with van der Waals surface area (Å²) in [7, 11) is 3.52. The number of nitrogens with two attached hydrogens (primary N) is 1. The Balaban J connectivity index is 2.30. The van der Waals surface area contributed by atoms with Crippen molar-refractivity contribution >= 4 is 11.7 Å². The minimum atomic E-state index is -0.0232. The maximum atomic E-state index is 11.5. The van der Waals surface area contributed by atoms with E-state index in [4.69, 9.17) is 10.7 Å². The van der Waals surface area contributed by atoms with Gasteiger partial charge in [0.25, 0.3) is 0 Å². The molecule has 3 N–H and O–H groups in total. The van der Waals surface area contributed by atoms with Crippen molar-refractivity contribution in [2.45, 2.75) is 32.2 Å². The van der Waals surface area contributed by atoms with E-state index in [2.05, 4.69) is 11.4 Å². The summed E-state index contributed by atoms with van der Waals surface area (Å²) >= 11 is 0. The Morgan fingerprint density at radius 3 is 2.89 bits per heavy atom. The normalized spacial score (nSPS) is 13.8. The fraction of sp³-hybridized carbons (Fsp3) is 0.571. The number of carbonyl (C=O) groups is 1. The number of anilines is 1. The molecule has 1 heterocycles. The van der Waals surface area contributed by atoms with Crippen molar-refractivity contribution in [2.24, 2.45) is 5.73 Å².